The minimum atomic E-state index is -0.140. The van der Waals surface area contributed by atoms with E-state index in [1.807, 2.05) is 23.1 Å². The second-order valence-corrected chi connectivity index (χ2v) is 6.86. The molecule has 0 aliphatic carbocycles. The summed E-state index contributed by atoms with van der Waals surface area (Å²) in [6.45, 7) is 4.13. The molecule has 126 valence electrons. The second-order valence-electron chi connectivity index (χ2n) is 6.45. The van der Waals surface area contributed by atoms with Gasteiger partial charge in [0.1, 0.15) is 0 Å². The minimum Gasteiger partial charge on any atom is -0.339 e. The van der Waals surface area contributed by atoms with E-state index in [0.29, 0.717) is 23.0 Å². The summed E-state index contributed by atoms with van der Waals surface area (Å²) >= 11 is 6.17. The number of pyridine rings is 1. The quantitative estimate of drug-likeness (QED) is 0.856. The number of hydrogen-bond donors (Lipinski definition) is 0. The van der Waals surface area contributed by atoms with Crippen LogP contribution >= 0.6 is 11.6 Å². The Balaban J connectivity index is 1.82. The molecule has 1 aromatic heterocycles. The summed E-state index contributed by atoms with van der Waals surface area (Å²) in [4.78, 5) is 26.7. The van der Waals surface area contributed by atoms with Crippen LogP contribution in [0.1, 0.15) is 35.7 Å². The first-order valence-electron chi connectivity index (χ1n) is 8.28. The highest BCUT2D eigenvalue weighted by Gasteiger charge is 2.21. The number of halogens is 1. The standard InChI is InChI=1S/C19H21ClN2O2/c1-14-8-10-21(11-9-14)19(24)16-6-7-18(23)22(13-16)12-15-4-2-3-5-17(15)20/h2-7,13-14H,8-12H2,1H3. The number of benzene rings is 1. The Labute approximate surface area is 146 Å². The Morgan fingerprint density at radius 2 is 1.88 bits per heavy atom. The molecule has 0 bridgehead atoms. The molecule has 1 aromatic carbocycles. The van der Waals surface area contributed by atoms with E-state index >= 15 is 0 Å². The van der Waals surface area contributed by atoms with E-state index in [-0.39, 0.29) is 11.5 Å². The van der Waals surface area contributed by atoms with E-state index in [1.165, 1.54) is 6.07 Å². The summed E-state index contributed by atoms with van der Waals surface area (Å²) < 4.78 is 1.54. The third kappa shape index (κ3) is 3.70. The van der Waals surface area contributed by atoms with Gasteiger partial charge in [-0.05, 0) is 36.5 Å². The average molecular weight is 345 g/mol. The molecule has 2 aromatic rings. The summed E-state index contributed by atoms with van der Waals surface area (Å²) in [5.74, 6) is 0.665. The van der Waals surface area contributed by atoms with Crippen LogP contribution in [0.3, 0.4) is 0 Å². The number of carbonyl (C=O) groups excluding carboxylic acids is 1. The Morgan fingerprint density at radius 1 is 1.17 bits per heavy atom. The van der Waals surface area contributed by atoms with Crippen molar-refractivity contribution in [2.45, 2.75) is 26.3 Å². The molecule has 0 radical (unpaired) electrons. The summed E-state index contributed by atoms with van der Waals surface area (Å²) in [5.41, 5.74) is 1.27. The number of hydrogen-bond acceptors (Lipinski definition) is 2. The number of piperidine rings is 1. The van der Waals surface area contributed by atoms with Gasteiger partial charge in [-0.25, -0.2) is 0 Å². The highest BCUT2D eigenvalue weighted by molar-refractivity contribution is 6.31. The van der Waals surface area contributed by atoms with Crippen LogP contribution in [-0.4, -0.2) is 28.5 Å². The number of carbonyl (C=O) groups is 1. The van der Waals surface area contributed by atoms with Crippen molar-refractivity contribution >= 4 is 17.5 Å². The van der Waals surface area contributed by atoms with E-state index < -0.39 is 0 Å². The maximum absolute atomic E-state index is 12.7. The van der Waals surface area contributed by atoms with Gasteiger partial charge >= 0.3 is 0 Å². The van der Waals surface area contributed by atoms with Crippen molar-refractivity contribution in [1.29, 1.82) is 0 Å². The molecule has 4 nitrogen and oxygen atoms in total. The first kappa shape index (κ1) is 16.8. The number of nitrogens with zero attached hydrogens (tertiary/aromatic N) is 2. The Kier molecular flexibility index (Phi) is 5.05. The molecule has 1 fully saturated rings. The SMILES string of the molecule is CC1CCN(C(=O)c2ccc(=O)n(Cc3ccccc3Cl)c2)CC1. The van der Waals surface area contributed by atoms with Crippen molar-refractivity contribution in [3.8, 4) is 0 Å². The predicted octanol–water partition coefficient (Wildman–Crippen LogP) is 3.42. The van der Waals surface area contributed by atoms with Gasteiger partial charge in [0.2, 0.25) is 0 Å². The van der Waals surface area contributed by atoms with Gasteiger partial charge in [0.25, 0.3) is 11.5 Å². The fourth-order valence-electron chi connectivity index (χ4n) is 2.99. The summed E-state index contributed by atoms with van der Waals surface area (Å²) in [6, 6.07) is 10.5. The molecule has 1 aliphatic heterocycles. The number of likely N-dealkylation sites (tertiary alicyclic amines) is 1. The molecule has 0 atom stereocenters. The van der Waals surface area contributed by atoms with Crippen LogP contribution in [0.5, 0.6) is 0 Å². The Morgan fingerprint density at radius 3 is 2.58 bits per heavy atom. The predicted molar refractivity (Wildman–Crippen MR) is 95.6 cm³/mol. The van der Waals surface area contributed by atoms with Crippen molar-refractivity contribution in [3.05, 3.63) is 69.1 Å². The topological polar surface area (TPSA) is 42.3 Å². The first-order chi connectivity index (χ1) is 11.5. The van der Waals surface area contributed by atoms with Crippen LogP contribution in [0.4, 0.5) is 0 Å². The monoisotopic (exact) mass is 344 g/mol. The summed E-state index contributed by atoms with van der Waals surface area (Å²) in [5, 5.41) is 0.617. The normalized spacial score (nSPS) is 15.5. The van der Waals surface area contributed by atoms with Gasteiger partial charge < -0.3 is 9.47 Å². The average Bonchev–Trinajstić information content (AvgIpc) is 2.59. The van der Waals surface area contributed by atoms with Crippen LogP contribution in [0.15, 0.2) is 47.4 Å². The minimum absolute atomic E-state index is 0.00481. The van der Waals surface area contributed by atoms with Crippen LogP contribution in [-0.2, 0) is 6.54 Å². The van der Waals surface area contributed by atoms with E-state index in [9.17, 15) is 9.59 Å². The molecule has 5 heteroatoms. The molecular weight excluding hydrogens is 324 g/mol. The number of aromatic nitrogens is 1. The van der Waals surface area contributed by atoms with Gasteiger partial charge in [0.15, 0.2) is 0 Å². The van der Waals surface area contributed by atoms with Crippen LogP contribution in [0.25, 0.3) is 0 Å². The third-order valence-corrected chi connectivity index (χ3v) is 4.97. The lowest BCUT2D eigenvalue weighted by molar-refractivity contribution is 0.0696. The molecule has 1 aliphatic rings. The van der Waals surface area contributed by atoms with Gasteiger partial charge in [-0.3, -0.25) is 9.59 Å². The van der Waals surface area contributed by atoms with Crippen LogP contribution < -0.4 is 5.56 Å². The second kappa shape index (κ2) is 7.22. The fourth-order valence-corrected chi connectivity index (χ4v) is 3.18. The van der Waals surface area contributed by atoms with Crippen molar-refractivity contribution in [2.75, 3.05) is 13.1 Å². The van der Waals surface area contributed by atoms with Gasteiger partial charge in [-0.1, -0.05) is 36.7 Å². The Bertz CT molecular complexity index is 792. The molecule has 0 saturated carbocycles. The van der Waals surface area contributed by atoms with Crippen molar-refractivity contribution < 1.29 is 4.79 Å². The summed E-state index contributed by atoms with van der Waals surface area (Å²) in [7, 11) is 0. The molecule has 1 amide bonds. The van der Waals surface area contributed by atoms with E-state index in [4.69, 9.17) is 11.6 Å². The van der Waals surface area contributed by atoms with Crippen molar-refractivity contribution in [1.82, 2.24) is 9.47 Å². The molecule has 24 heavy (non-hydrogen) atoms. The summed E-state index contributed by atoms with van der Waals surface area (Å²) in [6.07, 6.45) is 3.71. The molecule has 2 heterocycles. The lowest BCUT2D eigenvalue weighted by Gasteiger charge is -2.30. The Hall–Kier alpha value is -2.07. The zero-order chi connectivity index (χ0) is 17.1. The zero-order valence-electron chi connectivity index (χ0n) is 13.7. The molecule has 0 spiro atoms. The molecular formula is C19H21ClN2O2. The van der Waals surface area contributed by atoms with Crippen molar-refractivity contribution in [2.24, 2.45) is 5.92 Å². The van der Waals surface area contributed by atoms with Crippen molar-refractivity contribution in [3.63, 3.8) is 0 Å². The maximum Gasteiger partial charge on any atom is 0.255 e. The van der Waals surface area contributed by atoms with Gasteiger partial charge in [-0.2, -0.15) is 0 Å². The highest BCUT2D eigenvalue weighted by Crippen LogP contribution is 2.19. The van der Waals surface area contributed by atoms with Gasteiger partial charge in [-0.15, -0.1) is 0 Å². The van der Waals surface area contributed by atoms with Crippen LogP contribution in [0.2, 0.25) is 5.02 Å². The maximum atomic E-state index is 12.7. The lowest BCUT2D eigenvalue weighted by Crippen LogP contribution is -2.38. The third-order valence-electron chi connectivity index (χ3n) is 4.60. The highest BCUT2D eigenvalue weighted by atomic mass is 35.5. The van der Waals surface area contributed by atoms with Crippen LogP contribution in [0, 0.1) is 5.92 Å². The number of rotatable bonds is 3. The zero-order valence-corrected chi connectivity index (χ0v) is 14.5. The van der Waals surface area contributed by atoms with Gasteiger partial charge in [0.05, 0.1) is 12.1 Å². The number of amides is 1. The smallest absolute Gasteiger partial charge is 0.255 e. The molecule has 0 N–H and O–H groups in total. The molecule has 3 rings (SSSR count). The van der Waals surface area contributed by atoms with Gasteiger partial charge in [0, 0.05) is 30.4 Å². The van der Waals surface area contributed by atoms with E-state index in [1.54, 1.807) is 22.9 Å². The fraction of sp³-hybridized carbons (Fsp3) is 0.368. The van der Waals surface area contributed by atoms with E-state index in [0.717, 1.165) is 31.5 Å². The first-order valence-corrected chi connectivity index (χ1v) is 8.65. The molecule has 0 unspecified atom stereocenters. The van der Waals surface area contributed by atoms with E-state index in [2.05, 4.69) is 6.92 Å². The molecule has 1 saturated heterocycles. The lowest BCUT2D eigenvalue weighted by atomic mass is 9.99. The largest absolute Gasteiger partial charge is 0.339 e.